The van der Waals surface area contributed by atoms with Gasteiger partial charge in [-0.3, -0.25) is 0 Å². The Morgan fingerprint density at radius 1 is 1.17 bits per heavy atom. The highest BCUT2D eigenvalue weighted by atomic mass is 16.5. The van der Waals surface area contributed by atoms with Gasteiger partial charge < -0.3 is 9.64 Å². The maximum atomic E-state index is 12.2. The van der Waals surface area contributed by atoms with E-state index in [1.54, 1.807) is 13.0 Å². The molecule has 0 heterocycles. The summed E-state index contributed by atoms with van der Waals surface area (Å²) in [6, 6.07) is 9.79. The zero-order valence-electron chi connectivity index (χ0n) is 14.5. The Morgan fingerprint density at radius 3 is 2.50 bits per heavy atom. The lowest BCUT2D eigenvalue weighted by Gasteiger charge is -2.14. The van der Waals surface area contributed by atoms with E-state index in [2.05, 4.69) is 42.6 Å². The van der Waals surface area contributed by atoms with Crippen molar-refractivity contribution in [3.05, 3.63) is 59.8 Å². The van der Waals surface area contributed by atoms with Crippen LogP contribution in [0.3, 0.4) is 0 Å². The van der Waals surface area contributed by atoms with Gasteiger partial charge in [0, 0.05) is 31.0 Å². The van der Waals surface area contributed by atoms with Crippen LogP contribution < -0.4 is 0 Å². The predicted octanol–water partition coefficient (Wildman–Crippen LogP) is 3.54. The fourth-order valence-electron chi connectivity index (χ4n) is 1.96. The van der Waals surface area contributed by atoms with Gasteiger partial charge in [-0.2, -0.15) is 0 Å². The quantitative estimate of drug-likeness (QED) is 0.333. The van der Waals surface area contributed by atoms with Crippen molar-refractivity contribution in [3.8, 4) is 23.9 Å². The molecule has 0 saturated carbocycles. The Hall–Kier alpha value is -2.91. The molecule has 0 radical (unpaired) electrons. The molecular formula is C21H23NO2. The number of esters is 1. The first-order valence-corrected chi connectivity index (χ1v) is 7.99. The van der Waals surface area contributed by atoms with E-state index >= 15 is 0 Å². The van der Waals surface area contributed by atoms with E-state index < -0.39 is 5.97 Å². The minimum Gasteiger partial charge on any atom is -0.378 e. The van der Waals surface area contributed by atoms with E-state index in [4.69, 9.17) is 4.74 Å². The van der Waals surface area contributed by atoms with Crippen LogP contribution in [0, 0.1) is 23.9 Å². The van der Waals surface area contributed by atoms with E-state index in [0.717, 1.165) is 18.7 Å². The molecule has 0 fully saturated rings. The number of carbonyl (C=O) groups excluding carboxylic acids is 1. The number of hydrogen-bond donors (Lipinski definition) is 0. The monoisotopic (exact) mass is 321 g/mol. The normalized spacial score (nSPS) is 10.4. The van der Waals surface area contributed by atoms with Crippen LogP contribution in [0.2, 0.25) is 0 Å². The van der Waals surface area contributed by atoms with E-state index in [0.29, 0.717) is 12.0 Å². The van der Waals surface area contributed by atoms with Gasteiger partial charge in [-0.1, -0.05) is 36.3 Å². The van der Waals surface area contributed by atoms with Gasteiger partial charge in [-0.25, -0.2) is 4.79 Å². The summed E-state index contributed by atoms with van der Waals surface area (Å²) in [4.78, 5) is 14.4. The van der Waals surface area contributed by atoms with Crippen molar-refractivity contribution in [3.63, 3.8) is 0 Å². The van der Waals surface area contributed by atoms with Crippen LogP contribution in [0.5, 0.6) is 0 Å². The number of carbonyl (C=O) groups is 1. The maximum Gasteiger partial charge on any atom is 0.348 e. The van der Waals surface area contributed by atoms with Crippen molar-refractivity contribution in [1.82, 2.24) is 4.90 Å². The average molecular weight is 321 g/mol. The van der Waals surface area contributed by atoms with E-state index in [1.807, 2.05) is 42.6 Å². The summed E-state index contributed by atoms with van der Waals surface area (Å²) in [5, 5.41) is 0. The third-order valence-electron chi connectivity index (χ3n) is 3.29. The SMILES string of the molecule is CC#CC#COC(=O)/C(=C/C=C/N(CC)CC)Cc1ccccc1. The summed E-state index contributed by atoms with van der Waals surface area (Å²) in [5.41, 5.74) is 1.58. The molecule has 124 valence electrons. The van der Waals surface area contributed by atoms with Gasteiger partial charge in [0.05, 0.1) is 0 Å². The molecule has 1 aromatic rings. The molecule has 3 nitrogen and oxygen atoms in total. The number of rotatable bonds is 7. The summed E-state index contributed by atoms with van der Waals surface area (Å²) in [5.74, 6) is 7.18. The third-order valence-corrected chi connectivity index (χ3v) is 3.29. The number of hydrogen-bond acceptors (Lipinski definition) is 3. The van der Waals surface area contributed by atoms with Gasteiger partial charge in [0.2, 0.25) is 0 Å². The molecule has 0 aromatic heterocycles. The Kier molecular flexibility index (Phi) is 9.27. The molecule has 0 atom stereocenters. The van der Waals surface area contributed by atoms with Crippen LogP contribution in [0.1, 0.15) is 26.3 Å². The lowest BCUT2D eigenvalue weighted by molar-refractivity contribution is -0.132. The zero-order chi connectivity index (χ0) is 17.6. The van der Waals surface area contributed by atoms with Crippen molar-refractivity contribution in [2.24, 2.45) is 0 Å². The number of nitrogens with zero attached hydrogens (tertiary/aromatic N) is 1. The minimum atomic E-state index is -0.451. The average Bonchev–Trinajstić information content (AvgIpc) is 2.62. The Balaban J connectivity index is 2.91. The molecule has 0 aliphatic heterocycles. The van der Waals surface area contributed by atoms with Gasteiger partial charge in [0.1, 0.15) is 6.11 Å². The van der Waals surface area contributed by atoms with Crippen LogP contribution in [0.4, 0.5) is 0 Å². The molecule has 1 aromatic carbocycles. The fraction of sp³-hybridized carbons (Fsp3) is 0.286. The minimum absolute atomic E-state index is 0.451. The molecule has 3 heteroatoms. The smallest absolute Gasteiger partial charge is 0.348 e. The molecule has 0 saturated heterocycles. The summed E-state index contributed by atoms with van der Waals surface area (Å²) < 4.78 is 4.97. The molecule has 0 aliphatic carbocycles. The number of allylic oxidation sites excluding steroid dienone is 2. The standard InChI is InChI=1S/C21H23NO2/c1-4-7-11-17-24-21(23)20(15-12-16-22(5-2)6-3)18-19-13-9-8-10-14-19/h8-10,12-16H,5-6,18H2,1-3H3/b16-12+,20-15+. The third kappa shape index (κ3) is 7.38. The van der Waals surface area contributed by atoms with Gasteiger partial charge in [-0.15, -0.1) is 0 Å². The van der Waals surface area contributed by atoms with Crippen LogP contribution in [0.15, 0.2) is 54.3 Å². The topological polar surface area (TPSA) is 29.5 Å². The maximum absolute atomic E-state index is 12.2. The molecule has 1 rings (SSSR count). The lowest BCUT2D eigenvalue weighted by Crippen LogP contribution is -2.15. The van der Waals surface area contributed by atoms with Crippen molar-refractivity contribution in [2.45, 2.75) is 27.2 Å². The van der Waals surface area contributed by atoms with Gasteiger partial charge >= 0.3 is 5.97 Å². The van der Waals surface area contributed by atoms with Crippen LogP contribution in [-0.4, -0.2) is 24.0 Å². The van der Waals surface area contributed by atoms with Crippen molar-refractivity contribution in [2.75, 3.05) is 13.1 Å². The van der Waals surface area contributed by atoms with E-state index in [9.17, 15) is 4.79 Å². The lowest BCUT2D eigenvalue weighted by atomic mass is 10.1. The predicted molar refractivity (Wildman–Crippen MR) is 97.6 cm³/mol. The molecule has 0 aliphatic rings. The molecule has 0 N–H and O–H groups in total. The second kappa shape index (κ2) is 11.6. The van der Waals surface area contributed by atoms with E-state index in [-0.39, 0.29) is 0 Å². The number of benzene rings is 1. The second-order valence-corrected chi connectivity index (χ2v) is 4.91. The highest BCUT2D eigenvalue weighted by Gasteiger charge is 2.10. The number of ether oxygens (including phenoxy) is 1. The fourth-order valence-corrected chi connectivity index (χ4v) is 1.96. The molecule has 0 amide bonds. The Labute approximate surface area is 145 Å². The summed E-state index contributed by atoms with van der Waals surface area (Å²) >= 11 is 0. The largest absolute Gasteiger partial charge is 0.378 e. The van der Waals surface area contributed by atoms with Crippen molar-refractivity contribution in [1.29, 1.82) is 0 Å². The van der Waals surface area contributed by atoms with Crippen LogP contribution in [0.25, 0.3) is 0 Å². The van der Waals surface area contributed by atoms with Gasteiger partial charge in [0.15, 0.2) is 0 Å². The Bertz CT molecular complexity index is 690. The summed E-state index contributed by atoms with van der Waals surface area (Å²) in [7, 11) is 0. The van der Waals surface area contributed by atoms with Crippen molar-refractivity contribution < 1.29 is 9.53 Å². The first-order chi connectivity index (χ1) is 11.7. The first-order valence-electron chi connectivity index (χ1n) is 7.99. The van der Waals surface area contributed by atoms with Gasteiger partial charge in [-0.05, 0) is 50.6 Å². The van der Waals surface area contributed by atoms with Crippen LogP contribution in [-0.2, 0) is 16.0 Å². The highest BCUT2D eigenvalue weighted by molar-refractivity contribution is 5.90. The summed E-state index contributed by atoms with van der Waals surface area (Å²) in [6.07, 6.45) is 8.43. The van der Waals surface area contributed by atoms with Crippen molar-refractivity contribution >= 4 is 5.97 Å². The molecule has 24 heavy (non-hydrogen) atoms. The molecular weight excluding hydrogens is 298 g/mol. The van der Waals surface area contributed by atoms with Gasteiger partial charge in [0.25, 0.3) is 0 Å². The summed E-state index contributed by atoms with van der Waals surface area (Å²) in [6.45, 7) is 7.68. The molecule has 0 bridgehead atoms. The highest BCUT2D eigenvalue weighted by Crippen LogP contribution is 2.10. The Morgan fingerprint density at radius 2 is 1.88 bits per heavy atom. The van der Waals surface area contributed by atoms with E-state index in [1.165, 1.54) is 0 Å². The van der Waals surface area contributed by atoms with Crippen LogP contribution >= 0.6 is 0 Å². The molecule has 0 spiro atoms. The molecule has 0 unspecified atom stereocenters. The first kappa shape index (κ1) is 19.1. The second-order valence-electron chi connectivity index (χ2n) is 4.91. The zero-order valence-corrected chi connectivity index (χ0v) is 14.5.